The van der Waals surface area contributed by atoms with Crippen molar-refractivity contribution in [1.82, 2.24) is 25.2 Å². The first-order valence-electron chi connectivity index (χ1n) is 17.0. The molecule has 47 heavy (non-hydrogen) atoms. The van der Waals surface area contributed by atoms with E-state index in [0.717, 1.165) is 57.2 Å². The van der Waals surface area contributed by atoms with Crippen molar-refractivity contribution in [2.45, 2.75) is 57.5 Å². The molecular weight excluding hydrogens is 598 g/mol. The molecule has 5 aliphatic rings. The average Bonchev–Trinajstić information content (AvgIpc) is 3.99. The predicted molar refractivity (Wildman–Crippen MR) is 177 cm³/mol. The number of hydrogen-bond acceptors (Lipinski definition) is 8. The number of piperazine rings is 1. The molecule has 8 nitrogen and oxygen atoms in total. The van der Waals surface area contributed by atoms with Crippen LogP contribution in [0.5, 0.6) is 11.8 Å². The van der Waals surface area contributed by atoms with Gasteiger partial charge in [-0.25, -0.2) is 13.8 Å². The number of likely N-dealkylation sites (tertiary alicyclic amines) is 1. The van der Waals surface area contributed by atoms with Gasteiger partial charge in [-0.1, -0.05) is 18.9 Å². The molecule has 0 bridgehead atoms. The molecular formula is C37H38F2N6O2. The normalized spacial score (nSPS) is 25.7. The number of aryl methyl sites for hydroxylation is 1. The van der Waals surface area contributed by atoms with Crippen molar-refractivity contribution >= 4 is 27.5 Å². The minimum absolute atomic E-state index is 0.00362. The molecule has 2 unspecified atom stereocenters. The van der Waals surface area contributed by atoms with E-state index in [-0.39, 0.29) is 51.6 Å². The van der Waals surface area contributed by atoms with E-state index in [2.05, 4.69) is 28.0 Å². The second kappa shape index (κ2) is 10.7. The van der Waals surface area contributed by atoms with E-state index in [1.165, 1.54) is 43.8 Å². The van der Waals surface area contributed by atoms with Crippen molar-refractivity contribution in [3.63, 3.8) is 0 Å². The van der Waals surface area contributed by atoms with Gasteiger partial charge in [0.15, 0.2) is 5.82 Å². The molecule has 0 spiro atoms. The maximum atomic E-state index is 17.1. The monoisotopic (exact) mass is 636 g/mol. The average molecular weight is 637 g/mol. The van der Waals surface area contributed by atoms with Gasteiger partial charge in [-0.15, -0.1) is 6.42 Å². The molecule has 2 N–H and O–H groups in total. The zero-order chi connectivity index (χ0) is 32.0. The first-order valence-corrected chi connectivity index (χ1v) is 17.0. The van der Waals surface area contributed by atoms with Crippen molar-refractivity contribution in [2.75, 3.05) is 44.2 Å². The highest BCUT2D eigenvalue weighted by Gasteiger charge is 2.51. The first-order chi connectivity index (χ1) is 22.8. The summed E-state index contributed by atoms with van der Waals surface area (Å²) in [6.07, 6.45) is 11.6. The second-order valence-electron chi connectivity index (χ2n) is 14.4. The van der Waals surface area contributed by atoms with Crippen LogP contribution in [0.2, 0.25) is 0 Å². The van der Waals surface area contributed by atoms with Gasteiger partial charge in [-0.05, 0) is 73.9 Å². The van der Waals surface area contributed by atoms with Gasteiger partial charge in [0.05, 0.1) is 23.3 Å². The zero-order valence-corrected chi connectivity index (χ0v) is 26.5. The molecule has 0 radical (unpaired) electrons. The number of phenols is 1. The van der Waals surface area contributed by atoms with Gasteiger partial charge in [0.25, 0.3) is 0 Å². The van der Waals surface area contributed by atoms with Crippen LogP contribution < -0.4 is 15.0 Å². The highest BCUT2D eigenvalue weighted by molar-refractivity contribution is 6.03. The number of hydrogen-bond donors (Lipinski definition) is 2. The van der Waals surface area contributed by atoms with Crippen LogP contribution in [-0.2, 0) is 6.42 Å². The molecule has 2 saturated carbocycles. The lowest BCUT2D eigenvalue weighted by Gasteiger charge is -2.42. The van der Waals surface area contributed by atoms with Crippen LogP contribution in [0.15, 0.2) is 24.3 Å². The van der Waals surface area contributed by atoms with Crippen LogP contribution in [0.1, 0.15) is 50.3 Å². The van der Waals surface area contributed by atoms with Crippen LogP contribution in [0.25, 0.3) is 32.9 Å². The van der Waals surface area contributed by atoms with Gasteiger partial charge in [-0.2, -0.15) is 9.97 Å². The van der Waals surface area contributed by atoms with Crippen LogP contribution in [0.4, 0.5) is 14.6 Å². The summed E-state index contributed by atoms with van der Waals surface area (Å²) >= 11 is 0. The summed E-state index contributed by atoms with van der Waals surface area (Å²) < 4.78 is 38.5. The number of piperidine rings is 1. The molecule has 4 aromatic rings. The Balaban J connectivity index is 1.18. The van der Waals surface area contributed by atoms with Gasteiger partial charge in [0.1, 0.15) is 28.6 Å². The molecule has 3 aliphatic heterocycles. The SMILES string of the molecule is C#Cc1c(F)ccc2cc(O)cc(-c3nc4c5c(nc(OCC6(CN7CC8CC8C7)CC6)nc5c3F)N3CCN[C@@H](CC)[C@H]3CC4)c12. The van der Waals surface area contributed by atoms with E-state index in [1.54, 1.807) is 0 Å². The van der Waals surface area contributed by atoms with Gasteiger partial charge in [-0.3, -0.25) is 0 Å². The number of phenolic OH excluding ortho intramolecular Hbond substituents is 1. The number of rotatable bonds is 7. The summed E-state index contributed by atoms with van der Waals surface area (Å²) in [5.74, 6) is 3.48. The van der Waals surface area contributed by atoms with Gasteiger partial charge >= 0.3 is 6.01 Å². The van der Waals surface area contributed by atoms with Crippen molar-refractivity contribution in [3.05, 3.63) is 47.2 Å². The quantitative estimate of drug-likeness (QED) is 0.260. The van der Waals surface area contributed by atoms with E-state index in [1.807, 2.05) is 0 Å². The van der Waals surface area contributed by atoms with Gasteiger partial charge < -0.3 is 25.0 Å². The topological polar surface area (TPSA) is 86.6 Å². The molecule has 5 heterocycles. The maximum absolute atomic E-state index is 17.1. The number of ether oxygens (including phenoxy) is 1. The molecule has 9 rings (SSSR count). The number of pyridine rings is 1. The summed E-state index contributed by atoms with van der Waals surface area (Å²) in [6.45, 7) is 7.56. The number of nitrogens with zero attached hydrogens (tertiary/aromatic N) is 5. The minimum Gasteiger partial charge on any atom is -0.508 e. The van der Waals surface area contributed by atoms with Crippen molar-refractivity contribution < 1.29 is 18.6 Å². The fourth-order valence-corrected chi connectivity index (χ4v) is 8.64. The molecule has 0 amide bonds. The number of aromatic nitrogens is 3. The van der Waals surface area contributed by atoms with E-state index in [9.17, 15) is 9.50 Å². The highest BCUT2D eigenvalue weighted by Crippen LogP contribution is 2.51. The lowest BCUT2D eigenvalue weighted by Crippen LogP contribution is -2.58. The lowest BCUT2D eigenvalue weighted by molar-refractivity contribution is 0.163. The Morgan fingerprint density at radius 1 is 1.13 bits per heavy atom. The Hall–Kier alpha value is -4.07. The second-order valence-corrected chi connectivity index (χ2v) is 14.4. The molecule has 10 heteroatoms. The van der Waals surface area contributed by atoms with Crippen molar-refractivity contribution in [3.8, 4) is 35.4 Å². The fraction of sp³-hybridized carbons (Fsp3) is 0.486. The van der Waals surface area contributed by atoms with Crippen LogP contribution >= 0.6 is 0 Å². The number of fused-ring (bicyclic) bond motifs is 4. The summed E-state index contributed by atoms with van der Waals surface area (Å²) in [4.78, 5) is 19.5. The van der Waals surface area contributed by atoms with Crippen LogP contribution in [0, 0.1) is 41.2 Å². The van der Waals surface area contributed by atoms with Crippen LogP contribution in [0.3, 0.4) is 0 Å². The largest absolute Gasteiger partial charge is 0.508 e. The molecule has 2 saturated heterocycles. The van der Waals surface area contributed by atoms with Crippen molar-refractivity contribution in [1.29, 1.82) is 0 Å². The van der Waals surface area contributed by atoms with E-state index < -0.39 is 11.6 Å². The van der Waals surface area contributed by atoms with Crippen molar-refractivity contribution in [2.24, 2.45) is 17.3 Å². The molecule has 2 aromatic carbocycles. The van der Waals surface area contributed by atoms with E-state index >= 15 is 4.39 Å². The van der Waals surface area contributed by atoms with Gasteiger partial charge in [0, 0.05) is 61.2 Å². The fourth-order valence-electron chi connectivity index (χ4n) is 8.64. The first kappa shape index (κ1) is 29.1. The lowest BCUT2D eigenvalue weighted by atomic mass is 9.95. The highest BCUT2D eigenvalue weighted by atomic mass is 19.1. The zero-order valence-electron chi connectivity index (χ0n) is 26.5. The standard InChI is InChI=1S/C37H38F2N6O2/c1-3-24-26(38)6-5-20-14-23(46)15-25(30(20)24)33-32(39)34-31-28(41-33)7-8-29-27(4-2)40-11-12-45(29)35(31)43-36(42-34)47-19-37(9-10-37)18-44-16-21-13-22(21)17-44/h1,5-6,14-15,21-22,27,29,40,46H,4,7-13,16-19H2,2H3/t21?,22?,27-,29+/m0/s1. The van der Waals surface area contributed by atoms with E-state index in [4.69, 9.17) is 26.1 Å². The smallest absolute Gasteiger partial charge is 0.319 e. The molecule has 4 atom stereocenters. The summed E-state index contributed by atoms with van der Waals surface area (Å²) in [5, 5.41) is 15.8. The van der Waals surface area contributed by atoms with E-state index in [0.29, 0.717) is 40.7 Å². The number of nitrogens with one attached hydrogen (secondary N) is 1. The Bertz CT molecular complexity index is 1980. The molecule has 2 aromatic heterocycles. The number of benzene rings is 2. The molecule has 2 aliphatic carbocycles. The Labute approximate surface area is 272 Å². The summed E-state index contributed by atoms with van der Waals surface area (Å²) in [7, 11) is 0. The number of anilines is 1. The summed E-state index contributed by atoms with van der Waals surface area (Å²) in [5.41, 5.74) is 1.07. The third kappa shape index (κ3) is 4.81. The Morgan fingerprint density at radius 3 is 2.72 bits per heavy atom. The molecule has 4 fully saturated rings. The summed E-state index contributed by atoms with van der Waals surface area (Å²) in [6, 6.07) is 6.23. The van der Waals surface area contributed by atoms with Crippen LogP contribution in [-0.4, -0.2) is 76.4 Å². The predicted octanol–water partition coefficient (Wildman–Crippen LogP) is 5.42. The third-order valence-corrected chi connectivity index (χ3v) is 11.4. The van der Waals surface area contributed by atoms with Gasteiger partial charge in [0.2, 0.25) is 0 Å². The number of terminal acetylenes is 1. The third-order valence-electron chi connectivity index (χ3n) is 11.4. The number of halogens is 2. The molecule has 242 valence electrons. The number of aromatic hydroxyl groups is 1. The Morgan fingerprint density at radius 2 is 1.96 bits per heavy atom. The minimum atomic E-state index is -0.672. The maximum Gasteiger partial charge on any atom is 0.319 e. The Kier molecular flexibility index (Phi) is 6.64.